The van der Waals surface area contributed by atoms with Crippen LogP contribution in [0.5, 0.6) is 0 Å². The van der Waals surface area contributed by atoms with Crippen molar-refractivity contribution in [3.63, 3.8) is 0 Å². The van der Waals surface area contributed by atoms with Gasteiger partial charge < -0.3 is 32.1 Å². The molecule has 4 aromatic carbocycles. The molecule has 2 aliphatic carbocycles. The van der Waals surface area contributed by atoms with Crippen LogP contribution in [-0.4, -0.2) is 44.8 Å². The van der Waals surface area contributed by atoms with Gasteiger partial charge in [0.1, 0.15) is 11.6 Å². The number of nitrogens with one attached hydrogen (secondary N) is 4. The van der Waals surface area contributed by atoms with Gasteiger partial charge in [-0.2, -0.15) is 0 Å². The third-order valence-electron chi connectivity index (χ3n) is 10.8. The monoisotopic (exact) mass is 778 g/mol. The molecule has 10 heteroatoms. The van der Waals surface area contributed by atoms with Crippen LogP contribution in [0, 0.1) is 10.8 Å². The minimum absolute atomic E-state index is 0.176. The summed E-state index contributed by atoms with van der Waals surface area (Å²) in [5.41, 5.74) is 19.9. The van der Waals surface area contributed by atoms with E-state index in [1.54, 1.807) is 12.4 Å². The van der Waals surface area contributed by atoms with Crippen molar-refractivity contribution in [2.75, 3.05) is 0 Å². The molecule has 6 unspecified atom stereocenters. The number of hydrogen-bond acceptors (Lipinski definition) is 6. The molecule has 0 bridgehead atoms. The second-order valence-corrected chi connectivity index (χ2v) is 17.5. The van der Waals surface area contributed by atoms with Crippen molar-refractivity contribution < 1.29 is 9.59 Å². The molecule has 2 amide bonds. The quantitative estimate of drug-likeness (QED) is 0.0719. The first-order valence-corrected chi connectivity index (χ1v) is 20.1. The maximum absolute atomic E-state index is 11.1. The lowest BCUT2D eigenvalue weighted by atomic mass is 9.86. The Morgan fingerprint density at radius 2 is 0.862 bits per heavy atom. The number of hydrogen-bond donors (Lipinski definition) is 6. The highest BCUT2D eigenvalue weighted by atomic mass is 16.1. The predicted octanol–water partition coefficient (Wildman–Crippen LogP) is 8.80. The molecule has 2 aliphatic rings. The van der Waals surface area contributed by atoms with E-state index in [2.05, 4.69) is 169 Å². The summed E-state index contributed by atoms with van der Waals surface area (Å²) in [4.78, 5) is 38.0. The molecule has 8 N–H and O–H groups in total. The maximum Gasteiger partial charge on any atom is 0.207 e. The minimum atomic E-state index is -0.210. The van der Waals surface area contributed by atoms with Gasteiger partial charge in [-0.1, -0.05) is 151 Å². The molecular weight excluding hydrogens is 721 g/mol. The van der Waals surface area contributed by atoms with Crippen molar-refractivity contribution in [3.8, 4) is 33.6 Å². The molecule has 0 spiro atoms. The molecule has 302 valence electrons. The summed E-state index contributed by atoms with van der Waals surface area (Å²) >= 11 is 0. The van der Waals surface area contributed by atoms with Crippen LogP contribution in [0.3, 0.4) is 0 Å². The van der Waals surface area contributed by atoms with Crippen LogP contribution in [0.25, 0.3) is 33.6 Å². The smallest absolute Gasteiger partial charge is 0.207 e. The highest BCUT2D eigenvalue weighted by Crippen LogP contribution is 2.39. The van der Waals surface area contributed by atoms with E-state index in [1.807, 2.05) is 12.1 Å². The Bertz CT molecular complexity index is 2040. The zero-order valence-electron chi connectivity index (χ0n) is 34.4. The van der Waals surface area contributed by atoms with Gasteiger partial charge in [-0.15, -0.1) is 0 Å². The number of amides is 2. The molecule has 2 aromatic heterocycles. The Balaban J connectivity index is 0.000000226. The summed E-state index contributed by atoms with van der Waals surface area (Å²) in [5, 5.41) is 5.74. The molecular formula is C48H58N8O2. The number of aromatic amines is 2. The van der Waals surface area contributed by atoms with E-state index in [9.17, 15) is 9.59 Å². The van der Waals surface area contributed by atoms with E-state index in [0.717, 1.165) is 58.1 Å². The Morgan fingerprint density at radius 1 is 0.552 bits per heavy atom. The van der Waals surface area contributed by atoms with Gasteiger partial charge in [-0.25, -0.2) is 9.97 Å². The van der Waals surface area contributed by atoms with Gasteiger partial charge in [-0.3, -0.25) is 9.59 Å². The van der Waals surface area contributed by atoms with Gasteiger partial charge >= 0.3 is 0 Å². The lowest BCUT2D eigenvalue weighted by molar-refractivity contribution is -0.111. The van der Waals surface area contributed by atoms with Crippen molar-refractivity contribution in [1.82, 2.24) is 30.6 Å². The largest absolute Gasteiger partial charge is 0.348 e. The van der Waals surface area contributed by atoms with Crippen molar-refractivity contribution >= 4 is 12.8 Å². The average Bonchev–Trinajstić information content (AvgIpc) is 3.98. The minimum Gasteiger partial charge on any atom is -0.348 e. The lowest BCUT2D eigenvalue weighted by Gasteiger charge is -2.28. The number of carbonyl (C=O) groups is 2. The van der Waals surface area contributed by atoms with Crippen LogP contribution in [-0.2, 0) is 9.59 Å². The third-order valence-corrected chi connectivity index (χ3v) is 10.8. The average molecular weight is 779 g/mol. The number of carbonyl (C=O) groups excluding carboxylic acids is 2. The number of benzene rings is 4. The van der Waals surface area contributed by atoms with Crippen LogP contribution in [0.4, 0.5) is 0 Å². The Morgan fingerprint density at radius 3 is 1.14 bits per heavy atom. The van der Waals surface area contributed by atoms with Crippen molar-refractivity contribution in [2.45, 2.75) is 90.4 Å². The van der Waals surface area contributed by atoms with E-state index >= 15 is 0 Å². The van der Waals surface area contributed by atoms with Gasteiger partial charge in [0.15, 0.2) is 0 Å². The molecule has 6 aromatic rings. The van der Waals surface area contributed by atoms with Crippen LogP contribution in [0.15, 0.2) is 122 Å². The van der Waals surface area contributed by atoms with Gasteiger partial charge in [0.2, 0.25) is 12.8 Å². The van der Waals surface area contributed by atoms with Crippen molar-refractivity contribution in [1.29, 1.82) is 0 Å². The summed E-state index contributed by atoms with van der Waals surface area (Å²) in [6.45, 7) is 12.4. The molecule has 58 heavy (non-hydrogen) atoms. The van der Waals surface area contributed by atoms with Gasteiger partial charge in [0.05, 0.1) is 35.9 Å². The van der Waals surface area contributed by atoms with Crippen LogP contribution < -0.4 is 22.1 Å². The van der Waals surface area contributed by atoms with E-state index in [-0.39, 0.29) is 22.9 Å². The number of nitrogens with zero attached hydrogens (tertiary/aromatic N) is 2. The zero-order chi connectivity index (χ0) is 41.5. The van der Waals surface area contributed by atoms with Crippen LogP contribution in [0.2, 0.25) is 0 Å². The first-order valence-electron chi connectivity index (χ1n) is 20.1. The van der Waals surface area contributed by atoms with E-state index in [1.165, 1.54) is 24.0 Å². The number of rotatable bonds is 11. The maximum atomic E-state index is 11.1. The highest BCUT2D eigenvalue weighted by Gasteiger charge is 2.35. The third kappa shape index (κ3) is 10.8. The van der Waals surface area contributed by atoms with Gasteiger partial charge in [0, 0.05) is 23.9 Å². The van der Waals surface area contributed by atoms with Crippen LogP contribution in [0.1, 0.15) is 101 Å². The van der Waals surface area contributed by atoms with E-state index in [0.29, 0.717) is 23.9 Å². The molecule has 2 heterocycles. The fourth-order valence-corrected chi connectivity index (χ4v) is 7.16. The second kappa shape index (κ2) is 18.2. The number of imidazole rings is 2. The molecule has 0 radical (unpaired) electrons. The fraction of sp³-hybridized carbons (Fsp3) is 0.333. The molecule has 2 saturated carbocycles. The van der Waals surface area contributed by atoms with E-state index < -0.39 is 0 Å². The van der Waals surface area contributed by atoms with Crippen molar-refractivity contribution in [3.05, 3.63) is 144 Å². The Labute approximate surface area is 342 Å². The first kappa shape index (κ1) is 41.8. The van der Waals surface area contributed by atoms with Crippen LogP contribution >= 0.6 is 0 Å². The van der Waals surface area contributed by atoms with E-state index in [4.69, 9.17) is 11.5 Å². The lowest BCUT2D eigenvalue weighted by Crippen LogP contribution is -2.32. The SMILES string of the molecule is CC(C)(C)C(NC=O)c1ncc(-c2ccc(-c3ccc(-c4cnc(C(NC=O)C(C)(C)C)[nH]4)cc3)cc2)[nH]1.NC1CC1c1ccccc1.NC1CC1c1ccccc1. The molecule has 0 saturated heterocycles. The Hall–Kier alpha value is -5.84. The standard InChI is InChI=1S/C30H36N6O2.2C9H11N/c1-29(2,3)25(33-17-37)27-31-15-23(35-27)21-11-7-19(8-12-21)20-9-13-22(14-10-20)24-16-32-28(36-24)26(34-18-38)30(4,5)6;2*10-9-6-8(9)7-4-2-1-3-5-7/h7-18,25-26H,1-6H3,(H,31,35)(H,32,36)(H,33,37)(H,34,38);2*1-5,8-9H,6,10H2. The Kier molecular flexibility index (Phi) is 13.1. The molecule has 8 rings (SSSR count). The number of H-pyrrole nitrogens is 2. The molecule has 0 aliphatic heterocycles. The molecule has 6 atom stereocenters. The summed E-state index contributed by atoms with van der Waals surface area (Å²) in [6, 6.07) is 38.0. The number of aromatic nitrogens is 4. The predicted molar refractivity (Wildman–Crippen MR) is 233 cm³/mol. The topological polar surface area (TPSA) is 168 Å². The fourth-order valence-electron chi connectivity index (χ4n) is 7.16. The van der Waals surface area contributed by atoms with Gasteiger partial charge in [0.25, 0.3) is 0 Å². The summed E-state index contributed by atoms with van der Waals surface area (Å²) in [6.07, 6.45) is 7.39. The zero-order valence-corrected chi connectivity index (χ0v) is 34.4. The second-order valence-electron chi connectivity index (χ2n) is 17.5. The number of nitrogens with two attached hydrogens (primary N) is 2. The molecule has 2 fully saturated rings. The first-order chi connectivity index (χ1) is 27.8. The molecule has 10 nitrogen and oxygen atoms in total. The normalized spacial score (nSPS) is 19.2. The summed E-state index contributed by atoms with van der Waals surface area (Å²) < 4.78 is 0. The summed E-state index contributed by atoms with van der Waals surface area (Å²) in [7, 11) is 0. The highest BCUT2D eigenvalue weighted by molar-refractivity contribution is 5.71. The summed E-state index contributed by atoms with van der Waals surface area (Å²) in [5.74, 6) is 2.77. The van der Waals surface area contributed by atoms with Gasteiger partial charge in [-0.05, 0) is 57.1 Å². The van der Waals surface area contributed by atoms with Crippen molar-refractivity contribution in [2.24, 2.45) is 22.3 Å².